The monoisotopic (exact) mass is 326 g/mol. The average molecular weight is 327 g/mol. The summed E-state index contributed by atoms with van der Waals surface area (Å²) in [6, 6.07) is 7.03. The predicted molar refractivity (Wildman–Crippen MR) is 94.7 cm³/mol. The Morgan fingerprint density at radius 3 is 2.43 bits per heavy atom. The van der Waals surface area contributed by atoms with Gasteiger partial charge in [-0.25, -0.2) is 0 Å². The average Bonchev–Trinajstić information content (AvgIpc) is 2.99. The molecule has 0 aliphatic heterocycles. The van der Waals surface area contributed by atoms with E-state index >= 15 is 0 Å². The van der Waals surface area contributed by atoms with Crippen molar-refractivity contribution >= 4 is 35.1 Å². The van der Waals surface area contributed by atoms with Crippen LogP contribution in [0.5, 0.6) is 0 Å². The van der Waals surface area contributed by atoms with Crippen molar-refractivity contribution in [3.63, 3.8) is 0 Å². The Bertz CT molecular complexity index is 462. The molecule has 0 radical (unpaired) electrons. The molecule has 1 aliphatic carbocycles. The Hall–Kier alpha value is -0.730. The van der Waals surface area contributed by atoms with E-state index in [1.165, 1.54) is 42.5 Å². The van der Waals surface area contributed by atoms with Crippen molar-refractivity contribution in [1.82, 2.24) is 0 Å². The molecule has 0 amide bonds. The molecule has 2 nitrogen and oxygen atoms in total. The van der Waals surface area contributed by atoms with Crippen molar-refractivity contribution in [3.8, 4) is 0 Å². The number of rotatable bonds is 7. The summed E-state index contributed by atoms with van der Waals surface area (Å²) in [5.41, 5.74) is 3.65. The Labute approximate surface area is 138 Å². The van der Waals surface area contributed by atoms with E-state index in [-0.39, 0.29) is 0 Å². The van der Waals surface area contributed by atoms with Crippen molar-refractivity contribution in [2.24, 2.45) is 4.99 Å². The highest BCUT2D eigenvalue weighted by Gasteiger charge is 2.12. The van der Waals surface area contributed by atoms with Gasteiger partial charge in [-0.1, -0.05) is 18.9 Å². The smallest absolute Gasteiger partial charge is 0.0499 e. The summed E-state index contributed by atoms with van der Waals surface area (Å²) in [5.74, 6) is 1.22. The van der Waals surface area contributed by atoms with Crippen molar-refractivity contribution in [3.05, 3.63) is 29.3 Å². The first kappa shape index (κ1) is 16.6. The van der Waals surface area contributed by atoms with Gasteiger partial charge >= 0.3 is 0 Å². The molecule has 1 aromatic carbocycles. The number of aliphatic imine (C=N–C) groups is 1. The molecule has 1 saturated carbocycles. The Balaban J connectivity index is 2.08. The normalized spacial score (nSPS) is 16.0. The molecule has 21 heavy (non-hydrogen) atoms. The van der Waals surface area contributed by atoms with Gasteiger partial charge in [0.05, 0.1) is 0 Å². The molecule has 0 bridgehead atoms. The van der Waals surface area contributed by atoms with Crippen molar-refractivity contribution in [2.45, 2.75) is 38.6 Å². The zero-order valence-electron chi connectivity index (χ0n) is 12.7. The molecular formula is C17H24Cl2N2. The lowest BCUT2D eigenvalue weighted by molar-refractivity contribution is 0.710. The molecule has 116 valence electrons. The molecule has 1 aliphatic rings. The zero-order chi connectivity index (χ0) is 15.1. The van der Waals surface area contributed by atoms with Gasteiger partial charge in [0, 0.05) is 42.8 Å². The summed E-state index contributed by atoms with van der Waals surface area (Å²) in [5, 5.41) is 0. The van der Waals surface area contributed by atoms with E-state index in [0.29, 0.717) is 17.8 Å². The molecule has 0 saturated heterocycles. The molecule has 4 heteroatoms. The van der Waals surface area contributed by atoms with Crippen LogP contribution in [0.3, 0.4) is 0 Å². The van der Waals surface area contributed by atoms with Gasteiger partial charge in [-0.05, 0) is 43.0 Å². The molecule has 0 atom stereocenters. The number of hydrogen-bond donors (Lipinski definition) is 0. The molecule has 1 fully saturated rings. The fraction of sp³-hybridized carbons (Fsp3) is 0.588. The zero-order valence-corrected chi connectivity index (χ0v) is 14.2. The fourth-order valence-corrected chi connectivity index (χ4v) is 3.22. The third-order valence-corrected chi connectivity index (χ3v) is 4.41. The van der Waals surface area contributed by atoms with Crippen LogP contribution >= 0.6 is 23.2 Å². The van der Waals surface area contributed by atoms with Gasteiger partial charge in [-0.2, -0.15) is 0 Å². The number of halogens is 2. The lowest BCUT2D eigenvalue weighted by atomic mass is 10.1. The molecule has 1 aromatic rings. The summed E-state index contributed by atoms with van der Waals surface area (Å²) in [7, 11) is 0. The molecule has 0 unspecified atom stereocenters. The molecule has 0 N–H and O–H groups in total. The first-order chi connectivity index (χ1) is 10.2. The Morgan fingerprint density at radius 1 is 1.19 bits per heavy atom. The van der Waals surface area contributed by atoms with Crippen LogP contribution in [0.15, 0.2) is 23.2 Å². The van der Waals surface area contributed by atoms with Crippen LogP contribution in [-0.4, -0.2) is 37.1 Å². The van der Waals surface area contributed by atoms with Crippen LogP contribution in [0.4, 0.5) is 5.69 Å². The number of benzene rings is 1. The maximum absolute atomic E-state index is 5.87. The first-order valence-electron chi connectivity index (χ1n) is 7.75. The topological polar surface area (TPSA) is 15.6 Å². The number of aryl methyl sites for hydroxylation is 1. The van der Waals surface area contributed by atoms with Gasteiger partial charge in [0.1, 0.15) is 0 Å². The highest BCUT2D eigenvalue weighted by atomic mass is 35.5. The minimum absolute atomic E-state index is 0.535. The molecular weight excluding hydrogens is 303 g/mol. The van der Waals surface area contributed by atoms with E-state index in [0.717, 1.165) is 13.1 Å². The highest BCUT2D eigenvalue weighted by molar-refractivity contribution is 6.18. The Morgan fingerprint density at radius 2 is 1.86 bits per heavy atom. The molecule has 0 aromatic heterocycles. The SMILES string of the molecule is Cc1cc(N(CCCl)CCCl)ccc1C=NC1CCCC1. The lowest BCUT2D eigenvalue weighted by Crippen LogP contribution is -2.27. The van der Waals surface area contributed by atoms with E-state index in [2.05, 4.69) is 30.0 Å². The molecule has 0 heterocycles. The van der Waals surface area contributed by atoms with Crippen LogP contribution in [0.2, 0.25) is 0 Å². The van der Waals surface area contributed by atoms with Crippen molar-refractivity contribution in [2.75, 3.05) is 29.7 Å². The van der Waals surface area contributed by atoms with E-state index in [9.17, 15) is 0 Å². The van der Waals surface area contributed by atoms with Gasteiger partial charge in [0.25, 0.3) is 0 Å². The quantitative estimate of drug-likeness (QED) is 0.526. The van der Waals surface area contributed by atoms with E-state index in [4.69, 9.17) is 28.2 Å². The Kier molecular flexibility index (Phi) is 6.85. The minimum Gasteiger partial charge on any atom is -0.369 e. The highest BCUT2D eigenvalue weighted by Crippen LogP contribution is 2.22. The van der Waals surface area contributed by atoms with Crippen LogP contribution in [0.1, 0.15) is 36.8 Å². The van der Waals surface area contributed by atoms with Gasteiger partial charge in [-0.3, -0.25) is 4.99 Å². The minimum atomic E-state index is 0.535. The second kappa shape index (κ2) is 8.65. The third-order valence-electron chi connectivity index (χ3n) is 4.08. The number of hydrogen-bond acceptors (Lipinski definition) is 2. The first-order valence-corrected chi connectivity index (χ1v) is 8.82. The second-order valence-corrected chi connectivity index (χ2v) is 6.38. The number of alkyl halides is 2. The van der Waals surface area contributed by atoms with Crippen molar-refractivity contribution < 1.29 is 0 Å². The van der Waals surface area contributed by atoms with E-state index in [1.54, 1.807) is 0 Å². The second-order valence-electron chi connectivity index (χ2n) is 5.62. The fourth-order valence-electron chi connectivity index (χ4n) is 2.81. The summed E-state index contributed by atoms with van der Waals surface area (Å²) < 4.78 is 0. The summed E-state index contributed by atoms with van der Waals surface area (Å²) >= 11 is 11.7. The van der Waals surface area contributed by atoms with Crippen LogP contribution in [0.25, 0.3) is 0 Å². The molecule has 0 spiro atoms. The largest absolute Gasteiger partial charge is 0.369 e. The summed E-state index contributed by atoms with van der Waals surface area (Å²) in [4.78, 5) is 6.95. The summed E-state index contributed by atoms with van der Waals surface area (Å²) in [6.07, 6.45) is 7.18. The predicted octanol–water partition coefficient (Wildman–Crippen LogP) is 4.64. The van der Waals surface area contributed by atoms with Gasteiger partial charge in [0.15, 0.2) is 0 Å². The van der Waals surface area contributed by atoms with E-state index < -0.39 is 0 Å². The van der Waals surface area contributed by atoms with Crippen LogP contribution in [-0.2, 0) is 0 Å². The van der Waals surface area contributed by atoms with Crippen LogP contribution < -0.4 is 4.90 Å². The van der Waals surface area contributed by atoms with Gasteiger partial charge in [0.2, 0.25) is 0 Å². The maximum atomic E-state index is 5.87. The maximum Gasteiger partial charge on any atom is 0.0499 e. The van der Waals surface area contributed by atoms with Gasteiger partial charge < -0.3 is 4.90 Å². The molecule has 2 rings (SSSR count). The lowest BCUT2D eigenvalue weighted by Gasteiger charge is -2.23. The third kappa shape index (κ3) is 4.89. The number of nitrogens with zero attached hydrogens (tertiary/aromatic N) is 2. The van der Waals surface area contributed by atoms with Crippen LogP contribution in [0, 0.1) is 6.92 Å². The standard InChI is InChI=1S/C17H24Cl2N2/c1-14-12-17(21(10-8-18)11-9-19)7-6-15(14)13-20-16-4-2-3-5-16/h6-7,12-13,16H,2-5,8-11H2,1H3. The number of anilines is 1. The van der Waals surface area contributed by atoms with Gasteiger partial charge in [-0.15, -0.1) is 23.2 Å². The van der Waals surface area contributed by atoms with E-state index in [1.807, 2.05) is 6.21 Å². The van der Waals surface area contributed by atoms with Crippen molar-refractivity contribution in [1.29, 1.82) is 0 Å². The summed E-state index contributed by atoms with van der Waals surface area (Å²) in [6.45, 7) is 3.78.